The van der Waals surface area contributed by atoms with Crippen molar-refractivity contribution in [2.75, 3.05) is 44.7 Å². The van der Waals surface area contributed by atoms with Crippen molar-refractivity contribution in [3.8, 4) is 17.3 Å². The molecule has 0 bridgehead atoms. The van der Waals surface area contributed by atoms with Crippen molar-refractivity contribution < 1.29 is 0 Å². The molecule has 1 fully saturated rings. The summed E-state index contributed by atoms with van der Waals surface area (Å²) in [7, 11) is 2.14. The van der Waals surface area contributed by atoms with Crippen molar-refractivity contribution in [1.82, 2.24) is 19.8 Å². The predicted octanol–water partition coefficient (Wildman–Crippen LogP) is 0.927. The first-order valence-corrected chi connectivity index (χ1v) is 7.90. The zero-order chi connectivity index (χ0) is 17.1. The van der Waals surface area contributed by atoms with E-state index in [2.05, 4.69) is 39.0 Å². The van der Waals surface area contributed by atoms with E-state index in [1.54, 1.807) is 0 Å². The zero-order valence-corrected chi connectivity index (χ0v) is 13.7. The molecule has 3 rings (SSSR count). The largest absolute Gasteiger partial charge is 0.382 e. The molecular formula is C17H21N7. The summed E-state index contributed by atoms with van der Waals surface area (Å²) >= 11 is 0. The van der Waals surface area contributed by atoms with E-state index in [1.165, 1.54) is 0 Å². The Hall–Kier alpha value is -2.69. The van der Waals surface area contributed by atoms with Gasteiger partial charge >= 0.3 is 0 Å². The molecule has 7 nitrogen and oxygen atoms in total. The van der Waals surface area contributed by atoms with Gasteiger partial charge in [0.05, 0.1) is 5.69 Å². The van der Waals surface area contributed by atoms with Gasteiger partial charge in [0.1, 0.15) is 17.5 Å². The first kappa shape index (κ1) is 16.2. The van der Waals surface area contributed by atoms with Gasteiger partial charge < -0.3 is 16.4 Å². The summed E-state index contributed by atoms with van der Waals surface area (Å²) in [4.78, 5) is 12.9. The van der Waals surface area contributed by atoms with Crippen LogP contribution in [0, 0.1) is 11.3 Å². The third kappa shape index (κ3) is 3.30. The molecule has 2 aromatic rings. The van der Waals surface area contributed by atoms with E-state index in [-0.39, 0.29) is 17.3 Å². The summed E-state index contributed by atoms with van der Waals surface area (Å²) in [5.41, 5.74) is 14.4. The van der Waals surface area contributed by atoms with Crippen LogP contribution in [0.3, 0.4) is 0 Å². The summed E-state index contributed by atoms with van der Waals surface area (Å²) in [5.74, 6) is 0.199. The fourth-order valence-electron chi connectivity index (χ4n) is 2.94. The Morgan fingerprint density at radius 3 is 2.54 bits per heavy atom. The second-order valence-electron chi connectivity index (χ2n) is 6.04. The topological polar surface area (TPSA) is 108 Å². The monoisotopic (exact) mass is 323 g/mol. The van der Waals surface area contributed by atoms with Crippen molar-refractivity contribution in [2.45, 2.75) is 6.54 Å². The number of hydrogen-bond acceptors (Lipinski definition) is 7. The minimum atomic E-state index is 0.0795. The van der Waals surface area contributed by atoms with E-state index in [1.807, 2.05) is 18.2 Å². The smallest absolute Gasteiger partial charge is 0.222 e. The minimum absolute atomic E-state index is 0.0795. The van der Waals surface area contributed by atoms with Gasteiger partial charge in [-0.05, 0) is 12.6 Å². The minimum Gasteiger partial charge on any atom is -0.382 e. The Bertz CT molecular complexity index is 773. The van der Waals surface area contributed by atoms with Crippen LogP contribution in [-0.2, 0) is 6.54 Å². The fourth-order valence-corrected chi connectivity index (χ4v) is 2.94. The van der Waals surface area contributed by atoms with Crippen LogP contribution >= 0.6 is 0 Å². The third-order valence-corrected chi connectivity index (χ3v) is 4.33. The van der Waals surface area contributed by atoms with E-state index in [0.717, 1.165) is 43.9 Å². The highest BCUT2D eigenvalue weighted by Gasteiger charge is 2.19. The lowest BCUT2D eigenvalue weighted by Crippen LogP contribution is -2.43. The molecule has 0 saturated carbocycles. The Kier molecular flexibility index (Phi) is 4.60. The van der Waals surface area contributed by atoms with Crippen molar-refractivity contribution in [3.05, 3.63) is 35.4 Å². The number of nitrogens with two attached hydrogens (primary N) is 2. The second-order valence-corrected chi connectivity index (χ2v) is 6.04. The average molecular weight is 323 g/mol. The third-order valence-electron chi connectivity index (χ3n) is 4.33. The molecule has 0 unspecified atom stereocenters. The van der Waals surface area contributed by atoms with Gasteiger partial charge in [0.25, 0.3) is 0 Å². The normalized spacial score (nSPS) is 16.0. The summed E-state index contributed by atoms with van der Waals surface area (Å²) in [6.45, 7) is 4.95. The van der Waals surface area contributed by atoms with E-state index < -0.39 is 0 Å². The maximum atomic E-state index is 9.43. The number of likely N-dealkylation sites (N-methyl/N-ethyl adjacent to an activating group) is 1. The molecule has 0 amide bonds. The molecule has 1 aliphatic rings. The molecule has 24 heavy (non-hydrogen) atoms. The van der Waals surface area contributed by atoms with Gasteiger partial charge in [-0.15, -0.1) is 0 Å². The standard InChI is InChI=1S/C17H21N7/c1-23-6-8-24(9-7-23)11-12-4-2-3-5-13(12)15-14(10-18)16(19)22-17(20)21-15/h2-5H,6-9,11H2,1H3,(H4,19,20,21,22). The fraction of sp³-hybridized carbons (Fsp3) is 0.353. The van der Waals surface area contributed by atoms with Gasteiger partial charge in [-0.25, -0.2) is 4.98 Å². The zero-order valence-electron chi connectivity index (χ0n) is 13.7. The molecule has 0 aliphatic carbocycles. The van der Waals surface area contributed by atoms with Gasteiger partial charge in [-0.2, -0.15) is 10.2 Å². The number of anilines is 2. The molecule has 2 heterocycles. The van der Waals surface area contributed by atoms with E-state index in [4.69, 9.17) is 11.5 Å². The van der Waals surface area contributed by atoms with Gasteiger partial charge in [0.2, 0.25) is 5.95 Å². The highest BCUT2D eigenvalue weighted by molar-refractivity contribution is 5.75. The number of hydrogen-bond donors (Lipinski definition) is 2. The molecule has 0 radical (unpaired) electrons. The molecule has 7 heteroatoms. The first-order chi connectivity index (χ1) is 11.6. The molecule has 124 valence electrons. The lowest BCUT2D eigenvalue weighted by Gasteiger charge is -2.32. The van der Waals surface area contributed by atoms with Gasteiger partial charge in [-0.3, -0.25) is 4.90 Å². The summed E-state index contributed by atoms with van der Waals surface area (Å²) < 4.78 is 0. The van der Waals surface area contributed by atoms with E-state index in [9.17, 15) is 5.26 Å². The lowest BCUT2D eigenvalue weighted by molar-refractivity contribution is 0.148. The van der Waals surface area contributed by atoms with Crippen LogP contribution in [0.2, 0.25) is 0 Å². The number of nitrogen functional groups attached to an aromatic ring is 2. The quantitative estimate of drug-likeness (QED) is 0.865. The highest BCUT2D eigenvalue weighted by atomic mass is 15.2. The van der Waals surface area contributed by atoms with Crippen LogP contribution in [0.4, 0.5) is 11.8 Å². The number of aromatic nitrogens is 2. The summed E-state index contributed by atoms with van der Waals surface area (Å²) in [6.07, 6.45) is 0. The second kappa shape index (κ2) is 6.83. The SMILES string of the molecule is CN1CCN(Cc2ccccc2-c2nc(N)nc(N)c2C#N)CC1. The maximum absolute atomic E-state index is 9.43. The Morgan fingerprint density at radius 1 is 1.12 bits per heavy atom. The summed E-state index contributed by atoms with van der Waals surface area (Å²) in [6, 6.07) is 10.0. The predicted molar refractivity (Wildman–Crippen MR) is 93.8 cm³/mol. The van der Waals surface area contributed by atoms with Crippen LogP contribution in [0.5, 0.6) is 0 Å². The van der Waals surface area contributed by atoms with Crippen molar-refractivity contribution in [3.63, 3.8) is 0 Å². The number of piperazine rings is 1. The maximum Gasteiger partial charge on any atom is 0.222 e. The van der Waals surface area contributed by atoms with E-state index in [0.29, 0.717) is 5.69 Å². The van der Waals surface area contributed by atoms with E-state index >= 15 is 0 Å². The molecule has 1 aliphatic heterocycles. The van der Waals surface area contributed by atoms with Crippen molar-refractivity contribution in [1.29, 1.82) is 5.26 Å². The van der Waals surface area contributed by atoms with Gasteiger partial charge in [0.15, 0.2) is 0 Å². The Labute approximate surface area is 141 Å². The first-order valence-electron chi connectivity index (χ1n) is 7.90. The molecule has 4 N–H and O–H groups in total. The molecule has 0 atom stereocenters. The van der Waals surface area contributed by atoms with Gasteiger partial charge in [-0.1, -0.05) is 24.3 Å². The molecule has 1 aromatic carbocycles. The van der Waals surface area contributed by atoms with Gasteiger partial charge in [0, 0.05) is 38.3 Å². The number of nitrogens with zero attached hydrogens (tertiary/aromatic N) is 5. The highest BCUT2D eigenvalue weighted by Crippen LogP contribution is 2.29. The average Bonchev–Trinajstić information content (AvgIpc) is 2.57. The van der Waals surface area contributed by atoms with Crippen LogP contribution < -0.4 is 11.5 Å². The number of rotatable bonds is 3. The Morgan fingerprint density at radius 2 is 1.83 bits per heavy atom. The molecule has 0 spiro atoms. The summed E-state index contributed by atoms with van der Waals surface area (Å²) in [5, 5.41) is 9.43. The Balaban J connectivity index is 1.97. The number of benzene rings is 1. The molecule has 1 saturated heterocycles. The lowest BCUT2D eigenvalue weighted by atomic mass is 10.00. The molecule has 1 aromatic heterocycles. The molecular weight excluding hydrogens is 302 g/mol. The van der Waals surface area contributed by atoms with Crippen molar-refractivity contribution >= 4 is 11.8 Å². The van der Waals surface area contributed by atoms with Crippen LogP contribution in [0.15, 0.2) is 24.3 Å². The van der Waals surface area contributed by atoms with Crippen LogP contribution in [0.1, 0.15) is 11.1 Å². The van der Waals surface area contributed by atoms with Crippen molar-refractivity contribution in [2.24, 2.45) is 0 Å². The number of nitriles is 1. The van der Waals surface area contributed by atoms with Crippen LogP contribution in [-0.4, -0.2) is 53.0 Å². The van der Waals surface area contributed by atoms with Crippen LogP contribution in [0.25, 0.3) is 11.3 Å².